The van der Waals surface area contributed by atoms with Gasteiger partial charge in [-0.05, 0) is 46.9 Å². The van der Waals surface area contributed by atoms with Crippen molar-refractivity contribution < 1.29 is 9.59 Å². The molecule has 0 N–H and O–H groups in total. The third kappa shape index (κ3) is 3.52. The third-order valence-electron chi connectivity index (χ3n) is 4.10. The molecule has 120 valence electrons. The highest BCUT2D eigenvalue weighted by molar-refractivity contribution is 14.1. The van der Waals surface area contributed by atoms with Crippen LogP contribution in [0, 0.1) is 9.49 Å². The van der Waals surface area contributed by atoms with E-state index in [1.165, 1.54) is 6.08 Å². The Labute approximate surface area is 156 Å². The standard InChI is InChI=1S/C17H16BrIN2O2/c1-2-17(23)21-7-11(8-21)5-13(22)9-20-10-15(19)14-6-12(18)3-4-16(14)20/h2-4,6,10-11H,1,5,7-9H2. The first-order chi connectivity index (χ1) is 11.0. The Hall–Kier alpha value is -1.15. The fourth-order valence-electron chi connectivity index (χ4n) is 2.94. The number of ketones is 1. The van der Waals surface area contributed by atoms with Crippen LogP contribution >= 0.6 is 38.5 Å². The number of carbonyl (C=O) groups excluding carboxylic acids is 2. The van der Waals surface area contributed by atoms with Gasteiger partial charge in [0.05, 0.1) is 6.54 Å². The molecule has 0 spiro atoms. The van der Waals surface area contributed by atoms with E-state index >= 15 is 0 Å². The van der Waals surface area contributed by atoms with Crippen LogP contribution in [0.15, 0.2) is 41.5 Å². The van der Waals surface area contributed by atoms with Gasteiger partial charge in [-0.1, -0.05) is 22.5 Å². The Morgan fingerprint density at radius 2 is 2.13 bits per heavy atom. The van der Waals surface area contributed by atoms with Crippen LogP contribution in [0.4, 0.5) is 0 Å². The van der Waals surface area contributed by atoms with E-state index < -0.39 is 0 Å². The molecule has 4 nitrogen and oxygen atoms in total. The number of Topliss-reactive ketones (excluding diaryl/α,β-unsaturated/α-hetero) is 1. The highest BCUT2D eigenvalue weighted by Crippen LogP contribution is 2.27. The summed E-state index contributed by atoms with van der Waals surface area (Å²) < 4.78 is 4.18. The maximum Gasteiger partial charge on any atom is 0.245 e. The van der Waals surface area contributed by atoms with E-state index in [1.807, 2.05) is 22.9 Å². The molecule has 1 amide bonds. The Kier molecular flexibility index (Phi) is 4.91. The van der Waals surface area contributed by atoms with E-state index in [1.54, 1.807) is 4.90 Å². The summed E-state index contributed by atoms with van der Waals surface area (Å²) in [6.45, 7) is 5.18. The quantitative estimate of drug-likeness (QED) is 0.478. The maximum atomic E-state index is 12.3. The van der Waals surface area contributed by atoms with Gasteiger partial charge in [0.15, 0.2) is 5.78 Å². The number of halogens is 2. The van der Waals surface area contributed by atoms with Crippen LogP contribution in [0.25, 0.3) is 10.9 Å². The molecule has 1 aliphatic rings. The molecule has 1 aromatic carbocycles. The smallest absolute Gasteiger partial charge is 0.245 e. The average Bonchev–Trinajstić information content (AvgIpc) is 2.77. The molecular weight excluding hydrogens is 471 g/mol. The van der Waals surface area contributed by atoms with E-state index in [-0.39, 0.29) is 17.6 Å². The van der Waals surface area contributed by atoms with Crippen molar-refractivity contribution >= 4 is 61.1 Å². The molecule has 2 heterocycles. The van der Waals surface area contributed by atoms with Crippen LogP contribution in [-0.2, 0) is 16.1 Å². The number of aromatic nitrogens is 1. The fraction of sp³-hybridized carbons (Fsp3) is 0.294. The van der Waals surface area contributed by atoms with Gasteiger partial charge in [0.1, 0.15) is 0 Å². The number of hydrogen-bond donors (Lipinski definition) is 0. The highest BCUT2D eigenvalue weighted by atomic mass is 127. The number of fused-ring (bicyclic) bond motifs is 1. The lowest BCUT2D eigenvalue weighted by Gasteiger charge is -2.38. The van der Waals surface area contributed by atoms with Crippen LogP contribution < -0.4 is 0 Å². The zero-order chi connectivity index (χ0) is 16.6. The van der Waals surface area contributed by atoms with Crippen molar-refractivity contribution in [2.24, 2.45) is 5.92 Å². The van der Waals surface area contributed by atoms with Gasteiger partial charge in [-0.25, -0.2) is 0 Å². The zero-order valence-electron chi connectivity index (χ0n) is 12.5. The second kappa shape index (κ2) is 6.76. The summed E-state index contributed by atoms with van der Waals surface area (Å²) in [6.07, 6.45) is 3.86. The van der Waals surface area contributed by atoms with Gasteiger partial charge in [-0.2, -0.15) is 0 Å². The molecule has 0 saturated carbocycles. The second-order valence-corrected chi connectivity index (χ2v) is 7.90. The van der Waals surface area contributed by atoms with Crippen molar-refractivity contribution in [2.75, 3.05) is 13.1 Å². The summed E-state index contributed by atoms with van der Waals surface area (Å²) in [4.78, 5) is 25.5. The van der Waals surface area contributed by atoms with Crippen LogP contribution in [0.3, 0.4) is 0 Å². The minimum atomic E-state index is -0.0507. The van der Waals surface area contributed by atoms with E-state index in [0.29, 0.717) is 26.1 Å². The molecular formula is C17H16BrIN2O2. The van der Waals surface area contributed by atoms with Crippen LogP contribution in [0.1, 0.15) is 6.42 Å². The molecule has 1 aliphatic heterocycles. The summed E-state index contributed by atoms with van der Waals surface area (Å²) >= 11 is 5.77. The summed E-state index contributed by atoms with van der Waals surface area (Å²) in [5.74, 6) is 0.434. The zero-order valence-corrected chi connectivity index (χ0v) is 16.2. The number of amides is 1. The molecule has 23 heavy (non-hydrogen) atoms. The number of hydrogen-bond acceptors (Lipinski definition) is 2. The van der Waals surface area contributed by atoms with Crippen LogP contribution in [-0.4, -0.2) is 34.2 Å². The SMILES string of the molecule is C=CC(=O)N1CC(CC(=O)Cn2cc(I)c3cc(Br)ccc32)C1. The lowest BCUT2D eigenvalue weighted by atomic mass is 9.94. The predicted octanol–water partition coefficient (Wildman–Crippen LogP) is 3.61. The highest BCUT2D eigenvalue weighted by Gasteiger charge is 2.30. The molecule has 0 aliphatic carbocycles. The van der Waals surface area contributed by atoms with E-state index in [4.69, 9.17) is 0 Å². The minimum Gasteiger partial charge on any atom is -0.339 e. The van der Waals surface area contributed by atoms with E-state index in [0.717, 1.165) is 18.9 Å². The average molecular weight is 487 g/mol. The third-order valence-corrected chi connectivity index (χ3v) is 5.45. The largest absolute Gasteiger partial charge is 0.339 e. The topological polar surface area (TPSA) is 42.3 Å². The van der Waals surface area contributed by atoms with Gasteiger partial charge in [0.25, 0.3) is 0 Å². The van der Waals surface area contributed by atoms with Gasteiger partial charge >= 0.3 is 0 Å². The molecule has 0 radical (unpaired) electrons. The molecule has 0 atom stereocenters. The molecule has 2 aromatic rings. The number of nitrogens with zero attached hydrogens (tertiary/aromatic N) is 2. The first kappa shape index (κ1) is 16.7. The fourth-order valence-corrected chi connectivity index (χ4v) is 4.07. The van der Waals surface area contributed by atoms with E-state index in [9.17, 15) is 9.59 Å². The molecule has 0 unspecified atom stereocenters. The summed E-state index contributed by atoms with van der Waals surface area (Å²) in [6, 6.07) is 6.09. The summed E-state index contributed by atoms with van der Waals surface area (Å²) in [7, 11) is 0. The van der Waals surface area contributed by atoms with Crippen molar-refractivity contribution in [2.45, 2.75) is 13.0 Å². The predicted molar refractivity (Wildman–Crippen MR) is 102 cm³/mol. The Morgan fingerprint density at radius 3 is 2.83 bits per heavy atom. The monoisotopic (exact) mass is 486 g/mol. The lowest BCUT2D eigenvalue weighted by Crippen LogP contribution is -2.50. The number of likely N-dealkylation sites (tertiary alicyclic amines) is 1. The van der Waals surface area contributed by atoms with Gasteiger partial charge < -0.3 is 9.47 Å². The van der Waals surface area contributed by atoms with Crippen molar-refractivity contribution in [3.63, 3.8) is 0 Å². The van der Waals surface area contributed by atoms with Crippen molar-refractivity contribution in [3.8, 4) is 0 Å². The van der Waals surface area contributed by atoms with Gasteiger partial charge in [0, 0.05) is 50.6 Å². The molecule has 3 rings (SSSR count). The Bertz CT molecular complexity index is 793. The Balaban J connectivity index is 1.63. The molecule has 1 saturated heterocycles. The maximum absolute atomic E-state index is 12.3. The van der Waals surface area contributed by atoms with Crippen molar-refractivity contribution in [1.29, 1.82) is 0 Å². The van der Waals surface area contributed by atoms with Crippen LogP contribution in [0.5, 0.6) is 0 Å². The number of rotatable bonds is 5. The normalized spacial score (nSPS) is 14.8. The van der Waals surface area contributed by atoms with E-state index in [2.05, 4.69) is 51.2 Å². The minimum absolute atomic E-state index is 0.0507. The second-order valence-electron chi connectivity index (χ2n) is 5.82. The first-order valence-electron chi connectivity index (χ1n) is 7.35. The number of carbonyl (C=O) groups is 2. The van der Waals surface area contributed by atoms with Crippen molar-refractivity contribution in [1.82, 2.24) is 9.47 Å². The lowest BCUT2D eigenvalue weighted by molar-refractivity contribution is -0.134. The number of benzene rings is 1. The van der Waals surface area contributed by atoms with Gasteiger partial charge in [0.2, 0.25) is 5.91 Å². The Morgan fingerprint density at radius 1 is 1.39 bits per heavy atom. The summed E-state index contributed by atoms with van der Waals surface area (Å²) in [5.41, 5.74) is 1.07. The molecule has 1 fully saturated rings. The molecule has 0 bridgehead atoms. The van der Waals surface area contributed by atoms with Gasteiger partial charge in [-0.3, -0.25) is 9.59 Å². The summed E-state index contributed by atoms with van der Waals surface area (Å²) in [5, 5.41) is 1.15. The molecule has 6 heteroatoms. The molecule has 1 aromatic heterocycles. The van der Waals surface area contributed by atoms with Crippen LogP contribution in [0.2, 0.25) is 0 Å². The first-order valence-corrected chi connectivity index (χ1v) is 9.22. The van der Waals surface area contributed by atoms with Gasteiger partial charge in [-0.15, -0.1) is 0 Å². The van der Waals surface area contributed by atoms with Crippen molar-refractivity contribution in [3.05, 3.63) is 45.1 Å².